The first-order valence-electron chi connectivity index (χ1n) is 10.4. The number of hydrogen-bond acceptors (Lipinski definition) is 7. The topological polar surface area (TPSA) is 247 Å². The number of fused-ring (bicyclic) bond motifs is 1. The highest BCUT2D eigenvalue weighted by Crippen LogP contribution is 2.19. The molecule has 2 rings (SSSR count). The number of aromatic nitrogens is 1. The van der Waals surface area contributed by atoms with Crippen LogP contribution in [0.5, 0.6) is 0 Å². The smallest absolute Gasteiger partial charge is 0.326 e. The molecule has 14 heteroatoms. The first-order valence-corrected chi connectivity index (χ1v) is 10.4. The van der Waals surface area contributed by atoms with Gasteiger partial charge in [0.05, 0.1) is 25.4 Å². The Bertz CT molecular complexity index is 1130. The number of rotatable bonds is 13. The lowest BCUT2D eigenvalue weighted by atomic mass is 10.0. The van der Waals surface area contributed by atoms with E-state index in [9.17, 15) is 28.8 Å². The van der Waals surface area contributed by atoms with Crippen LogP contribution in [-0.4, -0.2) is 75.4 Å². The molecule has 1 aromatic heterocycles. The first kappa shape index (κ1) is 26.8. The molecule has 0 fully saturated rings. The number of para-hydroxylation sites is 1. The lowest BCUT2D eigenvalue weighted by Crippen LogP contribution is -2.54. The van der Waals surface area contributed by atoms with Crippen molar-refractivity contribution in [2.45, 2.75) is 37.4 Å². The van der Waals surface area contributed by atoms with E-state index in [0.29, 0.717) is 5.56 Å². The highest BCUT2D eigenvalue weighted by molar-refractivity contribution is 5.95. The molecule has 1 aromatic carbocycles. The molecular formula is C21H26N6O8. The van der Waals surface area contributed by atoms with E-state index < -0.39 is 73.1 Å². The zero-order chi connectivity index (χ0) is 26.1. The van der Waals surface area contributed by atoms with E-state index in [1.807, 2.05) is 17.4 Å². The molecule has 1 heterocycles. The second-order valence-electron chi connectivity index (χ2n) is 7.68. The largest absolute Gasteiger partial charge is 0.481 e. The summed E-state index contributed by atoms with van der Waals surface area (Å²) in [6.07, 6.45) is 0.335. The van der Waals surface area contributed by atoms with Crippen molar-refractivity contribution in [1.82, 2.24) is 20.9 Å². The number of amides is 4. The Hall–Kier alpha value is -4.46. The fourth-order valence-electron chi connectivity index (χ4n) is 3.23. The van der Waals surface area contributed by atoms with E-state index >= 15 is 0 Å². The molecule has 3 atom stereocenters. The lowest BCUT2D eigenvalue weighted by molar-refractivity contribution is -0.147. The average molecular weight is 490 g/mol. The zero-order valence-corrected chi connectivity index (χ0v) is 18.4. The van der Waals surface area contributed by atoms with Gasteiger partial charge in [0.2, 0.25) is 23.6 Å². The van der Waals surface area contributed by atoms with Crippen LogP contribution >= 0.6 is 0 Å². The van der Waals surface area contributed by atoms with E-state index in [1.54, 1.807) is 18.3 Å². The van der Waals surface area contributed by atoms with Crippen LogP contribution in [0.15, 0.2) is 30.5 Å². The van der Waals surface area contributed by atoms with Crippen molar-refractivity contribution >= 4 is 46.5 Å². The van der Waals surface area contributed by atoms with E-state index in [-0.39, 0.29) is 6.42 Å². The number of H-pyrrole nitrogens is 1. The van der Waals surface area contributed by atoms with Gasteiger partial charge in [-0.2, -0.15) is 0 Å². The summed E-state index contributed by atoms with van der Waals surface area (Å²) >= 11 is 0. The van der Waals surface area contributed by atoms with Crippen molar-refractivity contribution in [3.05, 3.63) is 36.0 Å². The van der Waals surface area contributed by atoms with Gasteiger partial charge in [-0.1, -0.05) is 18.2 Å². The number of carboxylic acid groups (broad SMARTS) is 2. The van der Waals surface area contributed by atoms with E-state index in [4.69, 9.17) is 21.7 Å². The molecule has 0 bridgehead atoms. The van der Waals surface area contributed by atoms with E-state index in [2.05, 4.69) is 15.6 Å². The second kappa shape index (κ2) is 12.1. The number of carbonyl (C=O) groups excluding carboxylic acids is 4. The maximum atomic E-state index is 12.8. The van der Waals surface area contributed by atoms with Crippen LogP contribution in [0.25, 0.3) is 10.9 Å². The number of carboxylic acids is 2. The molecule has 0 aliphatic carbocycles. The fourth-order valence-corrected chi connectivity index (χ4v) is 3.23. The van der Waals surface area contributed by atoms with Gasteiger partial charge in [-0.15, -0.1) is 0 Å². The Kier molecular flexibility index (Phi) is 9.28. The number of benzene rings is 1. The highest BCUT2D eigenvalue weighted by atomic mass is 16.4. The Balaban J connectivity index is 2.12. The maximum absolute atomic E-state index is 12.8. The third kappa shape index (κ3) is 8.12. The number of aromatic amines is 1. The summed E-state index contributed by atoms with van der Waals surface area (Å²) in [5.74, 6) is -6.36. The van der Waals surface area contributed by atoms with Gasteiger partial charge in [-0.25, -0.2) is 4.79 Å². The molecule has 14 nitrogen and oxygen atoms in total. The Morgan fingerprint density at radius 3 is 2.26 bits per heavy atom. The van der Waals surface area contributed by atoms with Crippen molar-refractivity contribution in [2.24, 2.45) is 11.5 Å². The summed E-state index contributed by atoms with van der Waals surface area (Å²) in [6, 6.07) is 3.00. The summed E-state index contributed by atoms with van der Waals surface area (Å²) in [4.78, 5) is 73.3. The standard InChI is InChI=1S/C21H26N6O8/c22-12(6-16(23)28)19(32)27-14(5-10-8-24-13-4-2-1-3-11(10)13)20(33)25-9-17(29)26-15(21(34)35)7-18(30)31/h1-4,8,12,14-15,24H,5-7,9,22H2,(H2,23,28)(H,25,33)(H,26,29)(H,27,32)(H,30,31)(H,34,35). The minimum Gasteiger partial charge on any atom is -0.481 e. The van der Waals surface area contributed by atoms with Crippen LogP contribution in [-0.2, 0) is 35.2 Å². The Labute approximate surface area is 198 Å². The second-order valence-corrected chi connectivity index (χ2v) is 7.68. The summed E-state index contributed by atoms with van der Waals surface area (Å²) in [5.41, 5.74) is 12.2. The number of aliphatic carboxylic acids is 2. The molecule has 4 amide bonds. The molecule has 0 radical (unpaired) electrons. The minimum absolute atomic E-state index is 0.0107. The van der Waals surface area contributed by atoms with Gasteiger partial charge in [-0.05, 0) is 11.6 Å². The number of hydrogen-bond donors (Lipinski definition) is 8. The van der Waals surface area contributed by atoms with E-state index in [1.165, 1.54) is 0 Å². The van der Waals surface area contributed by atoms with Crippen LogP contribution in [0.3, 0.4) is 0 Å². The quantitative estimate of drug-likeness (QED) is 0.148. The maximum Gasteiger partial charge on any atom is 0.326 e. The van der Waals surface area contributed by atoms with Crippen molar-refractivity contribution in [3.63, 3.8) is 0 Å². The third-order valence-electron chi connectivity index (χ3n) is 4.93. The predicted molar refractivity (Wildman–Crippen MR) is 121 cm³/mol. The molecule has 0 saturated heterocycles. The van der Waals surface area contributed by atoms with Gasteiger partial charge in [0.15, 0.2) is 0 Å². The lowest BCUT2D eigenvalue weighted by Gasteiger charge is -2.20. The summed E-state index contributed by atoms with van der Waals surface area (Å²) < 4.78 is 0. The van der Waals surface area contributed by atoms with Crippen LogP contribution in [0.2, 0.25) is 0 Å². The molecular weight excluding hydrogens is 464 g/mol. The van der Waals surface area contributed by atoms with Crippen LogP contribution in [0.4, 0.5) is 0 Å². The number of nitrogens with one attached hydrogen (secondary N) is 4. The Morgan fingerprint density at radius 2 is 1.63 bits per heavy atom. The van der Waals surface area contributed by atoms with Crippen molar-refractivity contribution in [2.75, 3.05) is 6.54 Å². The third-order valence-corrected chi connectivity index (χ3v) is 4.93. The monoisotopic (exact) mass is 490 g/mol. The summed E-state index contributed by atoms with van der Waals surface area (Å²) in [6.45, 7) is -0.685. The van der Waals surface area contributed by atoms with Crippen molar-refractivity contribution < 1.29 is 39.0 Å². The van der Waals surface area contributed by atoms with Crippen molar-refractivity contribution in [1.29, 1.82) is 0 Å². The number of nitrogens with two attached hydrogens (primary N) is 2. The fraction of sp³-hybridized carbons (Fsp3) is 0.333. The molecule has 0 saturated carbocycles. The van der Waals surface area contributed by atoms with Crippen LogP contribution in [0, 0.1) is 0 Å². The highest BCUT2D eigenvalue weighted by Gasteiger charge is 2.27. The molecule has 35 heavy (non-hydrogen) atoms. The molecule has 0 aliphatic heterocycles. The van der Waals surface area contributed by atoms with Crippen molar-refractivity contribution in [3.8, 4) is 0 Å². The average Bonchev–Trinajstić information content (AvgIpc) is 3.18. The van der Waals surface area contributed by atoms with E-state index in [0.717, 1.165) is 10.9 Å². The van der Waals surface area contributed by atoms with Crippen LogP contribution < -0.4 is 27.4 Å². The zero-order valence-electron chi connectivity index (χ0n) is 18.4. The van der Waals surface area contributed by atoms with Gasteiger partial charge < -0.3 is 42.6 Å². The van der Waals surface area contributed by atoms with Gasteiger partial charge in [-0.3, -0.25) is 24.0 Å². The number of primary amides is 1. The molecule has 10 N–H and O–H groups in total. The van der Waals surface area contributed by atoms with Gasteiger partial charge in [0.1, 0.15) is 12.1 Å². The first-order chi connectivity index (χ1) is 16.5. The molecule has 188 valence electrons. The molecule has 0 spiro atoms. The molecule has 0 aliphatic rings. The molecule has 3 unspecified atom stereocenters. The molecule has 2 aromatic rings. The normalized spacial score (nSPS) is 13.3. The van der Waals surface area contributed by atoms with Gasteiger partial charge in [0, 0.05) is 23.5 Å². The number of carbonyl (C=O) groups is 6. The summed E-state index contributed by atoms with van der Waals surface area (Å²) in [7, 11) is 0. The Morgan fingerprint density at radius 1 is 0.943 bits per heavy atom. The van der Waals surface area contributed by atoms with Crippen LogP contribution in [0.1, 0.15) is 18.4 Å². The van der Waals surface area contributed by atoms with Gasteiger partial charge >= 0.3 is 11.9 Å². The SMILES string of the molecule is NC(=O)CC(N)C(=O)NC(Cc1c[nH]c2ccccc12)C(=O)NCC(=O)NC(CC(=O)O)C(=O)O. The minimum atomic E-state index is -1.69. The van der Waals surface area contributed by atoms with Gasteiger partial charge in [0.25, 0.3) is 0 Å². The summed E-state index contributed by atoms with van der Waals surface area (Å²) in [5, 5.41) is 25.3. The predicted octanol–water partition coefficient (Wildman–Crippen LogP) is -2.44.